The zero-order valence-electron chi connectivity index (χ0n) is 11.5. The highest BCUT2D eigenvalue weighted by atomic mass is 32.1. The van der Waals surface area contributed by atoms with E-state index < -0.39 is 0 Å². The minimum Gasteiger partial charge on any atom is -0.485 e. The first kappa shape index (κ1) is 13.2. The van der Waals surface area contributed by atoms with Gasteiger partial charge in [0.15, 0.2) is 17.8 Å². The number of ether oxygens (including phenoxy) is 2. The van der Waals surface area contributed by atoms with Crippen LogP contribution in [0.15, 0.2) is 11.6 Å². The first-order chi connectivity index (χ1) is 9.74. The molecule has 0 N–H and O–H groups in total. The molecular weight excluding hydrogens is 276 g/mol. The second-order valence-electron chi connectivity index (χ2n) is 4.74. The van der Waals surface area contributed by atoms with Crippen LogP contribution in [-0.2, 0) is 0 Å². The maximum atomic E-state index is 11.3. The third kappa shape index (κ3) is 2.10. The number of carbonyl (C=O) groups is 1. The molecule has 20 heavy (non-hydrogen) atoms. The molecule has 0 bridgehead atoms. The molecule has 0 spiro atoms. The van der Waals surface area contributed by atoms with E-state index in [9.17, 15) is 4.79 Å². The molecular formula is C14H16N2O3S. The summed E-state index contributed by atoms with van der Waals surface area (Å²) in [4.78, 5) is 12.2. The van der Waals surface area contributed by atoms with Gasteiger partial charge in [-0.3, -0.25) is 9.48 Å². The van der Waals surface area contributed by atoms with Gasteiger partial charge in [0.1, 0.15) is 23.8 Å². The van der Waals surface area contributed by atoms with Gasteiger partial charge < -0.3 is 9.47 Å². The second-order valence-corrected chi connectivity index (χ2v) is 5.62. The van der Waals surface area contributed by atoms with Gasteiger partial charge in [-0.15, -0.1) is 11.3 Å². The van der Waals surface area contributed by atoms with Crippen LogP contribution in [-0.4, -0.2) is 29.3 Å². The van der Waals surface area contributed by atoms with Gasteiger partial charge in [0, 0.05) is 17.6 Å². The number of rotatable bonds is 4. The van der Waals surface area contributed by atoms with Crippen molar-refractivity contribution in [2.24, 2.45) is 0 Å². The molecule has 0 saturated heterocycles. The van der Waals surface area contributed by atoms with E-state index in [4.69, 9.17) is 9.47 Å². The van der Waals surface area contributed by atoms with Crippen LogP contribution in [0.1, 0.15) is 36.7 Å². The fourth-order valence-corrected chi connectivity index (χ4v) is 3.04. The van der Waals surface area contributed by atoms with Crippen molar-refractivity contribution < 1.29 is 14.3 Å². The maximum absolute atomic E-state index is 11.3. The monoisotopic (exact) mass is 292 g/mol. The summed E-state index contributed by atoms with van der Waals surface area (Å²) in [5.74, 6) is 1.45. The van der Waals surface area contributed by atoms with Crippen molar-refractivity contribution in [3.05, 3.63) is 17.1 Å². The third-order valence-corrected chi connectivity index (χ3v) is 4.39. The number of nitrogens with zero attached hydrogens (tertiary/aromatic N) is 2. The summed E-state index contributed by atoms with van der Waals surface area (Å²) in [6.45, 7) is 5.26. The SMILES string of the molecule is CCC(C)n1cc(C=O)c(-c2scc3c2OCCO3)n1. The Morgan fingerprint density at radius 3 is 3.05 bits per heavy atom. The first-order valence-corrected chi connectivity index (χ1v) is 7.54. The Hall–Kier alpha value is -1.82. The molecule has 0 aliphatic carbocycles. The molecule has 0 amide bonds. The van der Waals surface area contributed by atoms with E-state index in [2.05, 4.69) is 18.9 Å². The fraction of sp³-hybridized carbons (Fsp3) is 0.429. The van der Waals surface area contributed by atoms with E-state index in [1.807, 2.05) is 10.1 Å². The van der Waals surface area contributed by atoms with Gasteiger partial charge in [-0.1, -0.05) is 6.92 Å². The van der Waals surface area contributed by atoms with Crippen LogP contribution in [0.2, 0.25) is 0 Å². The maximum Gasteiger partial charge on any atom is 0.181 e. The molecule has 0 radical (unpaired) electrons. The molecule has 3 heterocycles. The predicted octanol–water partition coefficient (Wildman–Crippen LogP) is 3.17. The molecule has 6 heteroatoms. The Morgan fingerprint density at radius 1 is 1.50 bits per heavy atom. The quantitative estimate of drug-likeness (QED) is 0.812. The fourth-order valence-electron chi connectivity index (χ4n) is 2.11. The van der Waals surface area contributed by atoms with Crippen molar-refractivity contribution in [3.63, 3.8) is 0 Å². The summed E-state index contributed by atoms with van der Waals surface area (Å²) < 4.78 is 13.0. The lowest BCUT2D eigenvalue weighted by atomic mass is 10.2. The molecule has 3 rings (SSSR count). The first-order valence-electron chi connectivity index (χ1n) is 6.66. The number of aldehydes is 1. The van der Waals surface area contributed by atoms with Crippen molar-refractivity contribution in [3.8, 4) is 22.1 Å². The lowest BCUT2D eigenvalue weighted by Gasteiger charge is -2.15. The number of hydrogen-bond donors (Lipinski definition) is 0. The molecule has 0 fully saturated rings. The molecule has 1 atom stereocenters. The van der Waals surface area contributed by atoms with Crippen LogP contribution in [0.25, 0.3) is 10.6 Å². The van der Waals surface area contributed by atoms with E-state index in [0.29, 0.717) is 30.2 Å². The van der Waals surface area contributed by atoms with Crippen LogP contribution in [0, 0.1) is 0 Å². The molecule has 5 nitrogen and oxygen atoms in total. The zero-order valence-corrected chi connectivity index (χ0v) is 12.3. The highest BCUT2D eigenvalue weighted by Crippen LogP contribution is 2.45. The van der Waals surface area contributed by atoms with Gasteiger partial charge in [0.05, 0.1) is 5.56 Å². The number of fused-ring (bicyclic) bond motifs is 1. The smallest absolute Gasteiger partial charge is 0.181 e. The number of thiophene rings is 1. The standard InChI is InChI=1S/C14H16N2O3S/c1-3-9(2)16-6-10(7-17)12(15-16)14-13-11(8-20-14)18-4-5-19-13/h6-9H,3-5H2,1-2H3. The van der Waals surface area contributed by atoms with E-state index in [0.717, 1.165) is 23.3 Å². The summed E-state index contributed by atoms with van der Waals surface area (Å²) in [5, 5.41) is 6.47. The Labute approximate surface area is 121 Å². The van der Waals surface area contributed by atoms with Crippen LogP contribution < -0.4 is 9.47 Å². The van der Waals surface area contributed by atoms with E-state index in [1.54, 1.807) is 6.20 Å². The largest absolute Gasteiger partial charge is 0.485 e. The number of carbonyl (C=O) groups excluding carboxylic acids is 1. The highest BCUT2D eigenvalue weighted by Gasteiger charge is 2.24. The van der Waals surface area contributed by atoms with Crippen LogP contribution >= 0.6 is 11.3 Å². The molecule has 0 saturated carbocycles. The van der Waals surface area contributed by atoms with Gasteiger partial charge in [-0.05, 0) is 13.3 Å². The molecule has 106 valence electrons. The normalized spacial score (nSPS) is 15.1. The van der Waals surface area contributed by atoms with E-state index in [-0.39, 0.29) is 6.04 Å². The lowest BCUT2D eigenvalue weighted by Crippen LogP contribution is -2.14. The molecule has 1 aliphatic rings. The van der Waals surface area contributed by atoms with Crippen LogP contribution in [0.3, 0.4) is 0 Å². The van der Waals surface area contributed by atoms with Crippen molar-refractivity contribution in [2.75, 3.05) is 13.2 Å². The minimum absolute atomic E-state index is 0.260. The highest BCUT2D eigenvalue weighted by molar-refractivity contribution is 7.14. The Kier molecular flexibility index (Phi) is 3.48. The van der Waals surface area contributed by atoms with Crippen molar-refractivity contribution in [1.29, 1.82) is 0 Å². The summed E-state index contributed by atoms with van der Waals surface area (Å²) in [5.41, 5.74) is 1.26. The zero-order chi connectivity index (χ0) is 14.1. The molecule has 1 unspecified atom stereocenters. The summed E-state index contributed by atoms with van der Waals surface area (Å²) in [7, 11) is 0. The number of hydrogen-bond acceptors (Lipinski definition) is 5. The second kappa shape index (κ2) is 5.28. The predicted molar refractivity (Wildman–Crippen MR) is 76.9 cm³/mol. The van der Waals surface area contributed by atoms with E-state index >= 15 is 0 Å². The average Bonchev–Trinajstić information content (AvgIpc) is 3.09. The molecule has 0 aromatic carbocycles. The van der Waals surface area contributed by atoms with Gasteiger partial charge in [-0.2, -0.15) is 5.10 Å². The Morgan fingerprint density at radius 2 is 2.30 bits per heavy atom. The minimum atomic E-state index is 0.260. The van der Waals surface area contributed by atoms with Crippen molar-refractivity contribution in [1.82, 2.24) is 9.78 Å². The van der Waals surface area contributed by atoms with Gasteiger partial charge in [0.2, 0.25) is 0 Å². The van der Waals surface area contributed by atoms with Gasteiger partial charge in [0.25, 0.3) is 0 Å². The lowest BCUT2D eigenvalue weighted by molar-refractivity contribution is 0.112. The van der Waals surface area contributed by atoms with Crippen molar-refractivity contribution >= 4 is 17.6 Å². The van der Waals surface area contributed by atoms with Crippen molar-refractivity contribution in [2.45, 2.75) is 26.3 Å². The average molecular weight is 292 g/mol. The topological polar surface area (TPSA) is 53.4 Å². The van der Waals surface area contributed by atoms with Crippen LogP contribution in [0.4, 0.5) is 0 Å². The summed E-state index contributed by atoms with van der Waals surface area (Å²) in [6.07, 6.45) is 3.60. The third-order valence-electron chi connectivity index (χ3n) is 3.45. The van der Waals surface area contributed by atoms with Crippen LogP contribution in [0.5, 0.6) is 11.5 Å². The Bertz CT molecular complexity index is 632. The van der Waals surface area contributed by atoms with Gasteiger partial charge in [-0.25, -0.2) is 0 Å². The molecule has 2 aromatic heterocycles. The summed E-state index contributed by atoms with van der Waals surface area (Å²) in [6, 6.07) is 0.260. The number of aromatic nitrogens is 2. The van der Waals surface area contributed by atoms with E-state index in [1.165, 1.54) is 11.3 Å². The molecule has 2 aromatic rings. The summed E-state index contributed by atoms with van der Waals surface area (Å²) >= 11 is 1.50. The Balaban J connectivity index is 2.07. The molecule has 1 aliphatic heterocycles. The van der Waals surface area contributed by atoms with Gasteiger partial charge >= 0.3 is 0 Å².